The molecule has 0 aliphatic heterocycles. The van der Waals surface area contributed by atoms with Crippen molar-refractivity contribution in [3.63, 3.8) is 0 Å². The smallest absolute Gasteiger partial charge is 0.206 e. The fraction of sp³-hybridized carbons (Fsp3) is 0.515. The van der Waals surface area contributed by atoms with Gasteiger partial charge in [-0.25, -0.2) is 8.78 Å². The average Bonchev–Trinajstić information content (AvgIpc) is 2.89. The second kappa shape index (κ2) is 13.1. The van der Waals surface area contributed by atoms with E-state index < -0.39 is 17.6 Å². The van der Waals surface area contributed by atoms with E-state index in [2.05, 4.69) is 13.0 Å². The molecule has 1 fully saturated rings. The minimum Gasteiger partial charge on any atom is -0.206 e. The molecule has 3 aromatic carbocycles. The molecule has 0 atom stereocenters. The standard InChI is InChI=1S/C33H39F5/c1-2-3-4-5-6-23-7-9-24(10-8-23)11-12-25-14-19-29-28(21-25)18-17-27(32(29)35)16-13-26-15-20-30(31(34)22-26)33(36,37)38/h14-15,17-24H,2-13,16H2,1H3. The van der Waals surface area contributed by atoms with Crippen molar-refractivity contribution < 1.29 is 22.0 Å². The highest BCUT2D eigenvalue weighted by Gasteiger charge is 2.33. The van der Waals surface area contributed by atoms with Gasteiger partial charge in [0.1, 0.15) is 11.6 Å². The molecule has 0 aromatic heterocycles. The van der Waals surface area contributed by atoms with Gasteiger partial charge in [0.15, 0.2) is 0 Å². The van der Waals surface area contributed by atoms with Gasteiger partial charge in [0, 0.05) is 5.39 Å². The Morgan fingerprint density at radius 3 is 2.08 bits per heavy atom. The molecule has 5 heteroatoms. The van der Waals surface area contributed by atoms with Gasteiger partial charge < -0.3 is 0 Å². The predicted molar refractivity (Wildman–Crippen MR) is 145 cm³/mol. The molecule has 1 saturated carbocycles. The zero-order valence-electron chi connectivity index (χ0n) is 22.4. The molecule has 38 heavy (non-hydrogen) atoms. The van der Waals surface area contributed by atoms with Crippen molar-refractivity contribution in [3.8, 4) is 0 Å². The van der Waals surface area contributed by atoms with Gasteiger partial charge in [-0.05, 0) is 71.7 Å². The van der Waals surface area contributed by atoms with E-state index in [-0.39, 0.29) is 18.7 Å². The molecule has 4 rings (SSSR count). The fourth-order valence-corrected chi connectivity index (χ4v) is 6.00. The van der Waals surface area contributed by atoms with Crippen LogP contribution in [-0.4, -0.2) is 0 Å². The number of unbranched alkanes of at least 4 members (excludes halogenated alkanes) is 3. The first-order valence-corrected chi connectivity index (χ1v) is 14.3. The molecule has 0 unspecified atom stereocenters. The maximum Gasteiger partial charge on any atom is 0.419 e. The first kappa shape index (κ1) is 28.6. The Kier molecular flexibility index (Phi) is 9.84. The zero-order valence-corrected chi connectivity index (χ0v) is 22.4. The van der Waals surface area contributed by atoms with Crippen LogP contribution in [0.15, 0.2) is 48.5 Å². The number of benzene rings is 3. The van der Waals surface area contributed by atoms with Gasteiger partial charge in [-0.2, -0.15) is 13.2 Å². The Bertz CT molecular complexity index is 1190. The highest BCUT2D eigenvalue weighted by molar-refractivity contribution is 5.84. The molecule has 0 amide bonds. The number of hydrogen-bond donors (Lipinski definition) is 0. The summed E-state index contributed by atoms with van der Waals surface area (Å²) in [6.07, 6.45) is 10.2. The van der Waals surface area contributed by atoms with Gasteiger partial charge in [-0.3, -0.25) is 0 Å². The predicted octanol–water partition coefficient (Wildman–Crippen LogP) is 10.6. The molecular weight excluding hydrogens is 491 g/mol. The second-order valence-corrected chi connectivity index (χ2v) is 11.2. The van der Waals surface area contributed by atoms with Gasteiger partial charge in [0.2, 0.25) is 0 Å². The number of fused-ring (bicyclic) bond motifs is 1. The molecule has 0 spiro atoms. The van der Waals surface area contributed by atoms with Crippen molar-refractivity contribution in [1.29, 1.82) is 0 Å². The van der Waals surface area contributed by atoms with Gasteiger partial charge in [0.25, 0.3) is 0 Å². The Labute approximate surface area is 223 Å². The molecule has 3 aromatic rings. The summed E-state index contributed by atoms with van der Waals surface area (Å²) in [6.45, 7) is 2.26. The number of aryl methyl sites for hydroxylation is 3. The maximum absolute atomic E-state index is 15.2. The van der Waals surface area contributed by atoms with Crippen LogP contribution in [0.1, 0.15) is 93.4 Å². The van der Waals surface area contributed by atoms with Crippen LogP contribution in [0.2, 0.25) is 0 Å². The summed E-state index contributed by atoms with van der Waals surface area (Å²) in [5, 5.41) is 1.41. The van der Waals surface area contributed by atoms with Gasteiger partial charge in [-0.15, -0.1) is 0 Å². The van der Waals surface area contributed by atoms with E-state index in [9.17, 15) is 17.6 Å². The summed E-state index contributed by atoms with van der Waals surface area (Å²) in [5.41, 5.74) is 0.846. The van der Waals surface area contributed by atoms with Crippen LogP contribution in [0.25, 0.3) is 10.8 Å². The average molecular weight is 531 g/mol. The third kappa shape index (κ3) is 7.57. The van der Waals surface area contributed by atoms with Crippen LogP contribution >= 0.6 is 0 Å². The summed E-state index contributed by atoms with van der Waals surface area (Å²) in [5.74, 6) is 0.0987. The van der Waals surface area contributed by atoms with Crippen LogP contribution in [0.4, 0.5) is 22.0 Å². The molecule has 1 aliphatic rings. The summed E-state index contributed by atoms with van der Waals surface area (Å²) in [7, 11) is 0. The Morgan fingerprint density at radius 1 is 0.711 bits per heavy atom. The van der Waals surface area contributed by atoms with E-state index in [4.69, 9.17) is 0 Å². The quantitative estimate of drug-likeness (QED) is 0.171. The van der Waals surface area contributed by atoms with E-state index in [1.807, 2.05) is 18.2 Å². The molecule has 0 saturated heterocycles. The minimum atomic E-state index is -4.72. The van der Waals surface area contributed by atoms with Gasteiger partial charge in [0.05, 0.1) is 5.56 Å². The highest BCUT2D eigenvalue weighted by Crippen LogP contribution is 2.35. The lowest BCUT2D eigenvalue weighted by Gasteiger charge is -2.28. The lowest BCUT2D eigenvalue weighted by Crippen LogP contribution is -2.15. The maximum atomic E-state index is 15.2. The molecule has 0 N–H and O–H groups in total. The molecule has 0 bridgehead atoms. The molecular formula is C33H39F5. The number of alkyl halides is 3. The topological polar surface area (TPSA) is 0 Å². The third-order valence-corrected chi connectivity index (χ3v) is 8.39. The van der Waals surface area contributed by atoms with Crippen molar-refractivity contribution in [2.24, 2.45) is 11.8 Å². The summed E-state index contributed by atoms with van der Waals surface area (Å²) in [6, 6.07) is 12.5. The first-order valence-electron chi connectivity index (χ1n) is 14.3. The lowest BCUT2D eigenvalue weighted by atomic mass is 9.77. The normalized spacial score (nSPS) is 18.3. The fourth-order valence-electron chi connectivity index (χ4n) is 6.00. The van der Waals surface area contributed by atoms with E-state index in [0.717, 1.165) is 35.8 Å². The van der Waals surface area contributed by atoms with Crippen molar-refractivity contribution in [3.05, 3.63) is 82.4 Å². The van der Waals surface area contributed by atoms with E-state index in [0.29, 0.717) is 16.5 Å². The van der Waals surface area contributed by atoms with Crippen molar-refractivity contribution >= 4 is 10.8 Å². The number of halogens is 5. The van der Waals surface area contributed by atoms with Crippen LogP contribution in [0.5, 0.6) is 0 Å². The second-order valence-electron chi connectivity index (χ2n) is 11.2. The SMILES string of the molecule is CCCCCCC1CCC(CCc2ccc3c(F)c(CCc4ccc(C(F)(F)F)c(F)c4)ccc3c2)CC1. The van der Waals surface area contributed by atoms with E-state index in [1.54, 1.807) is 6.07 Å². The molecule has 206 valence electrons. The molecule has 0 radical (unpaired) electrons. The Balaban J connectivity index is 1.30. The Hall–Kier alpha value is -2.43. The third-order valence-electron chi connectivity index (χ3n) is 8.39. The Morgan fingerprint density at radius 2 is 1.39 bits per heavy atom. The van der Waals surface area contributed by atoms with Crippen molar-refractivity contribution in [1.82, 2.24) is 0 Å². The molecule has 0 heterocycles. The van der Waals surface area contributed by atoms with Gasteiger partial charge >= 0.3 is 6.18 Å². The largest absolute Gasteiger partial charge is 0.419 e. The van der Waals surface area contributed by atoms with Gasteiger partial charge in [-0.1, -0.05) is 101 Å². The van der Waals surface area contributed by atoms with Crippen LogP contribution in [0.3, 0.4) is 0 Å². The van der Waals surface area contributed by atoms with Crippen molar-refractivity contribution in [2.75, 3.05) is 0 Å². The summed E-state index contributed by atoms with van der Waals surface area (Å²) >= 11 is 0. The highest BCUT2D eigenvalue weighted by atomic mass is 19.4. The first-order chi connectivity index (χ1) is 18.2. The van der Waals surface area contributed by atoms with Crippen molar-refractivity contribution in [2.45, 2.75) is 96.6 Å². The monoisotopic (exact) mass is 530 g/mol. The van der Waals surface area contributed by atoms with Crippen LogP contribution in [0, 0.1) is 23.5 Å². The summed E-state index contributed by atoms with van der Waals surface area (Å²) < 4.78 is 67.5. The number of hydrogen-bond acceptors (Lipinski definition) is 0. The van der Waals surface area contributed by atoms with Crippen LogP contribution < -0.4 is 0 Å². The minimum absolute atomic E-state index is 0.260. The molecule has 1 aliphatic carbocycles. The van der Waals surface area contributed by atoms with E-state index >= 15 is 4.39 Å². The van der Waals surface area contributed by atoms with E-state index in [1.165, 1.54) is 75.8 Å². The lowest BCUT2D eigenvalue weighted by molar-refractivity contribution is -0.140. The molecule has 0 nitrogen and oxygen atoms in total. The summed E-state index contributed by atoms with van der Waals surface area (Å²) in [4.78, 5) is 0. The number of rotatable bonds is 11. The van der Waals surface area contributed by atoms with Crippen LogP contribution in [-0.2, 0) is 25.4 Å². The zero-order chi connectivity index (χ0) is 27.1.